The van der Waals surface area contributed by atoms with E-state index in [0.29, 0.717) is 18.2 Å². The number of benzene rings is 1. The summed E-state index contributed by atoms with van der Waals surface area (Å²) in [7, 11) is 1.58. The third kappa shape index (κ3) is 4.14. The zero-order chi connectivity index (χ0) is 15.9. The Labute approximate surface area is 136 Å². The quantitative estimate of drug-likeness (QED) is 0.795. The molecule has 0 spiro atoms. The topological polar surface area (TPSA) is 81.9 Å². The van der Waals surface area contributed by atoms with Gasteiger partial charge < -0.3 is 4.74 Å². The van der Waals surface area contributed by atoms with E-state index in [1.54, 1.807) is 17.9 Å². The van der Waals surface area contributed by atoms with E-state index in [4.69, 9.17) is 4.74 Å². The summed E-state index contributed by atoms with van der Waals surface area (Å²) in [6.07, 6.45) is 3.96. The number of nitrogens with one attached hydrogen (secondary N) is 1. The van der Waals surface area contributed by atoms with Crippen molar-refractivity contribution in [2.24, 2.45) is 0 Å². The van der Waals surface area contributed by atoms with Crippen LogP contribution in [0.1, 0.15) is 18.9 Å². The molecule has 0 unspecified atom stereocenters. The number of hydrogen-bond donors (Lipinski definition) is 1. The Balaban J connectivity index is 2.08. The normalized spacial score (nSPS) is 10.9. The Hall–Kier alpha value is -2.22. The van der Waals surface area contributed by atoms with Crippen LogP contribution in [0.5, 0.6) is 5.75 Å². The fourth-order valence-electron chi connectivity index (χ4n) is 1.81. The maximum Gasteiger partial charge on any atom is 0.250 e. The molecule has 0 radical (unpaired) electrons. The molecule has 0 bridgehead atoms. The van der Waals surface area contributed by atoms with Crippen molar-refractivity contribution in [3.05, 3.63) is 34.3 Å². The van der Waals surface area contributed by atoms with Gasteiger partial charge in [-0.25, -0.2) is 4.68 Å². The molecule has 0 aliphatic carbocycles. The highest BCUT2D eigenvalue weighted by Gasteiger charge is 2.07. The predicted molar refractivity (Wildman–Crippen MR) is 86.5 cm³/mol. The first kappa shape index (κ1) is 16.2. The summed E-state index contributed by atoms with van der Waals surface area (Å²) in [5.41, 5.74) is 0.792. The summed E-state index contributed by atoms with van der Waals surface area (Å²) in [5, 5.41) is 13.8. The number of hydrogen-bond acceptors (Lipinski definition) is 5. The molecular weight excluding hydrogens is 350 g/mol. The first-order chi connectivity index (χ1) is 10.6. The minimum atomic E-state index is -0.311. The molecule has 8 heteroatoms. The van der Waals surface area contributed by atoms with Crippen LogP contribution < -0.4 is 10.1 Å². The molecule has 7 nitrogen and oxygen atoms in total. The van der Waals surface area contributed by atoms with Gasteiger partial charge in [0.15, 0.2) is 0 Å². The van der Waals surface area contributed by atoms with Crippen molar-refractivity contribution in [3.63, 3.8) is 0 Å². The number of anilines is 1. The summed E-state index contributed by atoms with van der Waals surface area (Å²) in [6, 6.07) is 5.56. The van der Waals surface area contributed by atoms with Crippen LogP contribution in [0.4, 0.5) is 5.95 Å². The highest BCUT2D eigenvalue weighted by atomic mass is 79.9. The van der Waals surface area contributed by atoms with E-state index < -0.39 is 0 Å². The smallest absolute Gasteiger partial charge is 0.250 e. The first-order valence-electron chi connectivity index (χ1n) is 6.72. The van der Waals surface area contributed by atoms with E-state index in [2.05, 4.69) is 36.8 Å². The monoisotopic (exact) mass is 365 g/mol. The summed E-state index contributed by atoms with van der Waals surface area (Å²) >= 11 is 3.39. The number of amides is 1. The highest BCUT2D eigenvalue weighted by Crippen LogP contribution is 2.24. The zero-order valence-corrected chi connectivity index (χ0v) is 13.9. The van der Waals surface area contributed by atoms with Crippen LogP contribution in [0.15, 0.2) is 28.7 Å². The van der Waals surface area contributed by atoms with Crippen molar-refractivity contribution in [1.82, 2.24) is 20.2 Å². The number of ether oxygens (including phenoxy) is 1. The molecule has 0 aliphatic heterocycles. The molecule has 1 heterocycles. The van der Waals surface area contributed by atoms with E-state index in [-0.39, 0.29) is 5.91 Å². The number of carbonyl (C=O) groups is 1. The predicted octanol–water partition coefficient (Wildman–Crippen LogP) is 2.51. The van der Waals surface area contributed by atoms with Crippen molar-refractivity contribution < 1.29 is 9.53 Å². The lowest BCUT2D eigenvalue weighted by Crippen LogP contribution is -2.14. The molecule has 0 atom stereocenters. The van der Waals surface area contributed by atoms with Gasteiger partial charge in [0.2, 0.25) is 5.95 Å². The van der Waals surface area contributed by atoms with Crippen molar-refractivity contribution in [2.45, 2.75) is 19.9 Å². The maximum atomic E-state index is 12.0. The van der Waals surface area contributed by atoms with Crippen LogP contribution in [0, 0.1) is 0 Å². The number of carbonyl (C=O) groups excluding carboxylic acids is 1. The fourth-order valence-corrected chi connectivity index (χ4v) is 2.19. The number of tetrazole rings is 1. The summed E-state index contributed by atoms with van der Waals surface area (Å²) in [4.78, 5) is 12.0. The molecule has 2 rings (SSSR count). The second kappa shape index (κ2) is 7.69. The number of halogens is 1. The van der Waals surface area contributed by atoms with E-state index in [1.807, 2.05) is 25.1 Å². The summed E-state index contributed by atoms with van der Waals surface area (Å²) in [5.74, 6) is 0.704. The molecule has 0 aliphatic rings. The Morgan fingerprint density at radius 2 is 2.32 bits per heavy atom. The molecule has 1 amide bonds. The van der Waals surface area contributed by atoms with Crippen LogP contribution in [-0.2, 0) is 11.3 Å². The Morgan fingerprint density at radius 3 is 3.05 bits per heavy atom. The van der Waals surface area contributed by atoms with Gasteiger partial charge in [0, 0.05) is 22.7 Å². The molecule has 22 heavy (non-hydrogen) atoms. The second-order valence-electron chi connectivity index (χ2n) is 4.43. The Morgan fingerprint density at radius 1 is 1.50 bits per heavy atom. The average molecular weight is 366 g/mol. The van der Waals surface area contributed by atoms with Crippen molar-refractivity contribution in [1.29, 1.82) is 0 Å². The van der Waals surface area contributed by atoms with Crippen LogP contribution >= 0.6 is 15.9 Å². The molecule has 1 N–H and O–H groups in total. The lowest BCUT2D eigenvalue weighted by molar-refractivity contribution is -0.111. The van der Waals surface area contributed by atoms with E-state index >= 15 is 0 Å². The van der Waals surface area contributed by atoms with Gasteiger partial charge in [-0.2, -0.15) is 0 Å². The second-order valence-corrected chi connectivity index (χ2v) is 5.35. The van der Waals surface area contributed by atoms with Crippen LogP contribution in [0.25, 0.3) is 6.08 Å². The van der Waals surface area contributed by atoms with Gasteiger partial charge in [-0.15, -0.1) is 0 Å². The number of aryl methyl sites for hydroxylation is 1. The lowest BCUT2D eigenvalue weighted by atomic mass is 10.2. The number of rotatable bonds is 6. The van der Waals surface area contributed by atoms with Crippen molar-refractivity contribution >= 4 is 33.9 Å². The molecule has 116 valence electrons. The highest BCUT2D eigenvalue weighted by molar-refractivity contribution is 9.10. The molecule has 0 saturated heterocycles. The minimum Gasteiger partial charge on any atom is -0.496 e. The minimum absolute atomic E-state index is 0.311. The van der Waals surface area contributed by atoms with Crippen LogP contribution in [0.2, 0.25) is 0 Å². The number of nitrogens with zero attached hydrogens (tertiary/aromatic N) is 4. The van der Waals surface area contributed by atoms with Crippen molar-refractivity contribution in [3.8, 4) is 5.75 Å². The van der Waals surface area contributed by atoms with E-state index in [9.17, 15) is 4.79 Å². The van der Waals surface area contributed by atoms with Gasteiger partial charge in [0.1, 0.15) is 5.75 Å². The summed E-state index contributed by atoms with van der Waals surface area (Å²) in [6.45, 7) is 2.65. The van der Waals surface area contributed by atoms with E-state index in [1.165, 1.54) is 6.08 Å². The number of methoxy groups -OCH3 is 1. The lowest BCUT2D eigenvalue weighted by Gasteiger charge is -2.05. The van der Waals surface area contributed by atoms with Gasteiger partial charge in [-0.05, 0) is 41.1 Å². The molecular formula is C14H16BrN5O2. The van der Waals surface area contributed by atoms with E-state index in [0.717, 1.165) is 16.5 Å². The molecule has 0 saturated carbocycles. The average Bonchev–Trinajstić information content (AvgIpc) is 2.93. The standard InChI is InChI=1S/C14H16BrN5O2/c1-3-8-20-14(17-18-19-20)16-13(21)7-4-10-9-11(15)5-6-12(10)22-2/h4-7,9H,3,8H2,1-2H3,(H,16,17,19,21)/b7-4+. The molecule has 0 fully saturated rings. The maximum absolute atomic E-state index is 12.0. The van der Waals surface area contributed by atoms with Gasteiger partial charge >= 0.3 is 0 Å². The van der Waals surface area contributed by atoms with Gasteiger partial charge in [0.05, 0.1) is 7.11 Å². The largest absolute Gasteiger partial charge is 0.496 e. The van der Waals surface area contributed by atoms with Crippen molar-refractivity contribution in [2.75, 3.05) is 12.4 Å². The number of aromatic nitrogens is 4. The van der Waals surface area contributed by atoms with Gasteiger partial charge in [-0.1, -0.05) is 28.0 Å². The third-order valence-electron chi connectivity index (χ3n) is 2.81. The van der Waals surface area contributed by atoms with Gasteiger partial charge in [0.25, 0.3) is 5.91 Å². The Kier molecular flexibility index (Phi) is 5.65. The molecule has 1 aromatic carbocycles. The van der Waals surface area contributed by atoms with Crippen LogP contribution in [-0.4, -0.2) is 33.2 Å². The SMILES string of the molecule is CCCn1nnnc1NC(=O)/C=C/c1cc(Br)ccc1OC. The van der Waals surface area contributed by atoms with Crippen LogP contribution in [0.3, 0.4) is 0 Å². The zero-order valence-electron chi connectivity index (χ0n) is 12.3. The summed E-state index contributed by atoms with van der Waals surface area (Å²) < 4.78 is 7.70. The fraction of sp³-hybridized carbons (Fsp3) is 0.286. The van der Waals surface area contributed by atoms with Gasteiger partial charge in [-0.3, -0.25) is 10.1 Å². The molecule has 2 aromatic rings. The molecule has 1 aromatic heterocycles. The first-order valence-corrected chi connectivity index (χ1v) is 7.52. The third-order valence-corrected chi connectivity index (χ3v) is 3.30. The Bertz CT molecular complexity index is 684.